The lowest BCUT2D eigenvalue weighted by Crippen LogP contribution is -1.98. The summed E-state index contributed by atoms with van der Waals surface area (Å²) in [6, 6.07) is 7.87. The summed E-state index contributed by atoms with van der Waals surface area (Å²) >= 11 is 0. The number of hydrogen-bond acceptors (Lipinski definition) is 1. The van der Waals surface area contributed by atoms with Crippen molar-refractivity contribution in [1.29, 1.82) is 0 Å². The number of carboxylic acids is 1. The van der Waals surface area contributed by atoms with Crippen molar-refractivity contribution >= 4 is 16.9 Å². The highest BCUT2D eigenvalue weighted by Crippen LogP contribution is 2.26. The minimum atomic E-state index is -1.03. The van der Waals surface area contributed by atoms with Crippen LogP contribution in [-0.2, 0) is 0 Å². The third-order valence-electron chi connectivity index (χ3n) is 2.84. The summed E-state index contributed by atoms with van der Waals surface area (Å²) in [5.74, 6) is -1.36. The second-order valence-corrected chi connectivity index (χ2v) is 3.99. The van der Waals surface area contributed by atoms with Crippen LogP contribution in [0.3, 0.4) is 0 Å². The van der Waals surface area contributed by atoms with Crippen molar-refractivity contribution in [3.8, 4) is 11.3 Å². The number of halogens is 1. The number of carbonyl (C=O) groups is 1. The molecule has 0 spiro atoms. The number of aromatic carboxylic acids is 1. The van der Waals surface area contributed by atoms with Gasteiger partial charge in [-0.05, 0) is 30.3 Å². The van der Waals surface area contributed by atoms with Crippen LogP contribution in [0.5, 0.6) is 0 Å². The number of aromatic amines is 2. The van der Waals surface area contributed by atoms with Gasteiger partial charge in [-0.15, -0.1) is 0 Å². The van der Waals surface area contributed by atoms with Gasteiger partial charge in [0.15, 0.2) is 0 Å². The van der Waals surface area contributed by atoms with Crippen molar-refractivity contribution in [3.05, 3.63) is 48.0 Å². The molecule has 0 radical (unpaired) electrons. The summed E-state index contributed by atoms with van der Waals surface area (Å²) in [6.07, 6.45) is 1.56. The largest absolute Gasteiger partial charge is 0.477 e. The number of carboxylic acid groups (broad SMARTS) is 1. The molecule has 90 valence electrons. The molecule has 0 aliphatic heterocycles. The molecule has 0 unspecified atom stereocenters. The Morgan fingerprint density at radius 3 is 2.83 bits per heavy atom. The second kappa shape index (κ2) is 3.73. The van der Waals surface area contributed by atoms with Gasteiger partial charge in [0.05, 0.1) is 0 Å². The highest BCUT2D eigenvalue weighted by atomic mass is 19.1. The van der Waals surface area contributed by atoms with Gasteiger partial charge in [0.1, 0.15) is 11.5 Å². The first-order valence-electron chi connectivity index (χ1n) is 5.34. The van der Waals surface area contributed by atoms with Crippen molar-refractivity contribution in [2.75, 3.05) is 0 Å². The maximum absolute atomic E-state index is 13.1. The molecule has 0 saturated carbocycles. The number of aromatic nitrogens is 2. The number of fused-ring (bicyclic) bond motifs is 1. The zero-order valence-electron chi connectivity index (χ0n) is 9.20. The molecule has 3 aromatic rings. The zero-order chi connectivity index (χ0) is 12.7. The number of hydrogen-bond donors (Lipinski definition) is 3. The van der Waals surface area contributed by atoms with Crippen LogP contribution in [0.25, 0.3) is 22.2 Å². The standard InChI is InChI=1S/C13H9FN2O2/c14-8-2-1-7-5-11(16-10(7)6-8)9-3-4-15-12(9)13(17)18/h1-6,15-16H,(H,17,18). The van der Waals surface area contributed by atoms with Crippen LogP contribution >= 0.6 is 0 Å². The van der Waals surface area contributed by atoms with Crippen LogP contribution in [-0.4, -0.2) is 21.0 Å². The molecule has 0 atom stereocenters. The van der Waals surface area contributed by atoms with E-state index in [1.165, 1.54) is 12.1 Å². The Morgan fingerprint density at radius 1 is 1.22 bits per heavy atom. The van der Waals surface area contributed by atoms with E-state index in [0.717, 1.165) is 5.39 Å². The number of benzene rings is 1. The van der Waals surface area contributed by atoms with E-state index in [2.05, 4.69) is 9.97 Å². The van der Waals surface area contributed by atoms with Gasteiger partial charge in [0, 0.05) is 28.4 Å². The van der Waals surface area contributed by atoms with E-state index in [-0.39, 0.29) is 11.5 Å². The van der Waals surface area contributed by atoms with E-state index in [4.69, 9.17) is 5.11 Å². The molecule has 0 amide bonds. The molecule has 0 fully saturated rings. The molecule has 2 aromatic heterocycles. The Kier molecular flexibility index (Phi) is 2.19. The molecule has 3 N–H and O–H groups in total. The van der Waals surface area contributed by atoms with Gasteiger partial charge in [0.2, 0.25) is 0 Å². The van der Waals surface area contributed by atoms with Crippen molar-refractivity contribution < 1.29 is 14.3 Å². The van der Waals surface area contributed by atoms with Gasteiger partial charge in [-0.25, -0.2) is 9.18 Å². The predicted molar refractivity (Wildman–Crippen MR) is 65.0 cm³/mol. The smallest absolute Gasteiger partial charge is 0.353 e. The molecule has 2 heterocycles. The van der Waals surface area contributed by atoms with E-state index in [9.17, 15) is 9.18 Å². The average Bonchev–Trinajstić information content (AvgIpc) is 2.93. The third-order valence-corrected chi connectivity index (χ3v) is 2.84. The fourth-order valence-corrected chi connectivity index (χ4v) is 2.02. The summed E-state index contributed by atoms with van der Waals surface area (Å²) in [5.41, 5.74) is 1.96. The van der Waals surface area contributed by atoms with Gasteiger partial charge in [0.25, 0.3) is 0 Å². The van der Waals surface area contributed by atoms with Crippen LogP contribution < -0.4 is 0 Å². The van der Waals surface area contributed by atoms with Gasteiger partial charge in [-0.3, -0.25) is 0 Å². The Hall–Kier alpha value is -2.56. The Bertz CT molecular complexity index is 742. The molecule has 3 rings (SSSR count). The average molecular weight is 244 g/mol. The van der Waals surface area contributed by atoms with E-state index < -0.39 is 5.97 Å². The van der Waals surface area contributed by atoms with Crippen LogP contribution in [0.1, 0.15) is 10.5 Å². The minimum absolute atomic E-state index is 0.113. The van der Waals surface area contributed by atoms with Gasteiger partial charge in [-0.1, -0.05) is 0 Å². The summed E-state index contributed by atoms with van der Waals surface area (Å²) in [7, 11) is 0. The molecular formula is C13H9FN2O2. The zero-order valence-corrected chi connectivity index (χ0v) is 9.20. The molecule has 0 saturated heterocycles. The van der Waals surface area contributed by atoms with Crippen molar-refractivity contribution in [3.63, 3.8) is 0 Å². The van der Waals surface area contributed by atoms with Crippen LogP contribution in [0, 0.1) is 5.82 Å². The fraction of sp³-hybridized carbons (Fsp3) is 0. The van der Waals surface area contributed by atoms with Crippen LogP contribution in [0.4, 0.5) is 4.39 Å². The Balaban J connectivity index is 2.19. The maximum Gasteiger partial charge on any atom is 0.353 e. The summed E-state index contributed by atoms with van der Waals surface area (Å²) in [4.78, 5) is 16.7. The first kappa shape index (κ1) is 10.6. The van der Waals surface area contributed by atoms with Crippen LogP contribution in [0.2, 0.25) is 0 Å². The molecular weight excluding hydrogens is 235 g/mol. The quantitative estimate of drug-likeness (QED) is 0.648. The lowest BCUT2D eigenvalue weighted by atomic mass is 10.1. The molecule has 4 nitrogen and oxygen atoms in total. The maximum atomic E-state index is 13.1. The minimum Gasteiger partial charge on any atom is -0.477 e. The molecule has 18 heavy (non-hydrogen) atoms. The summed E-state index contributed by atoms with van der Waals surface area (Å²) < 4.78 is 13.1. The van der Waals surface area contributed by atoms with Crippen molar-refractivity contribution in [1.82, 2.24) is 9.97 Å². The number of rotatable bonds is 2. The van der Waals surface area contributed by atoms with E-state index in [1.54, 1.807) is 24.4 Å². The van der Waals surface area contributed by atoms with Gasteiger partial charge >= 0.3 is 5.97 Å². The molecule has 0 aliphatic carbocycles. The highest BCUT2D eigenvalue weighted by Gasteiger charge is 2.14. The van der Waals surface area contributed by atoms with Gasteiger partial charge in [-0.2, -0.15) is 0 Å². The highest BCUT2D eigenvalue weighted by molar-refractivity contribution is 5.96. The first-order chi connectivity index (χ1) is 8.65. The number of H-pyrrole nitrogens is 2. The molecule has 0 aliphatic rings. The van der Waals surface area contributed by atoms with E-state index in [0.29, 0.717) is 16.8 Å². The lowest BCUT2D eigenvalue weighted by Gasteiger charge is -1.96. The number of nitrogens with one attached hydrogen (secondary N) is 2. The van der Waals surface area contributed by atoms with Crippen LogP contribution in [0.15, 0.2) is 36.5 Å². The molecule has 0 bridgehead atoms. The first-order valence-corrected chi connectivity index (χ1v) is 5.34. The SMILES string of the molecule is O=C(O)c1[nH]ccc1-c1cc2ccc(F)cc2[nH]1. The van der Waals surface area contributed by atoms with Crippen molar-refractivity contribution in [2.45, 2.75) is 0 Å². The van der Waals surface area contributed by atoms with Gasteiger partial charge < -0.3 is 15.1 Å². The van der Waals surface area contributed by atoms with Crippen molar-refractivity contribution in [2.24, 2.45) is 0 Å². The monoisotopic (exact) mass is 244 g/mol. The second-order valence-electron chi connectivity index (χ2n) is 3.99. The third kappa shape index (κ3) is 1.57. The molecule has 1 aromatic carbocycles. The Morgan fingerprint density at radius 2 is 2.06 bits per heavy atom. The predicted octanol–water partition coefficient (Wildman–Crippen LogP) is 3.00. The van der Waals surface area contributed by atoms with E-state index >= 15 is 0 Å². The van der Waals surface area contributed by atoms with E-state index in [1.807, 2.05) is 0 Å². The topological polar surface area (TPSA) is 68.9 Å². The fourth-order valence-electron chi connectivity index (χ4n) is 2.02. The Labute approximate surface area is 101 Å². The summed E-state index contributed by atoms with van der Waals surface area (Å²) in [6.45, 7) is 0. The summed E-state index contributed by atoms with van der Waals surface area (Å²) in [5, 5.41) is 9.87. The normalized spacial score (nSPS) is 10.9. The molecule has 5 heteroatoms. The lowest BCUT2D eigenvalue weighted by molar-refractivity contribution is 0.0692.